The molecular weight excluding hydrogens is 460 g/mol. The zero-order valence-corrected chi connectivity index (χ0v) is 18.2. The van der Waals surface area contributed by atoms with Gasteiger partial charge in [0.2, 0.25) is 0 Å². The summed E-state index contributed by atoms with van der Waals surface area (Å²) in [6.07, 6.45) is -13.5. The number of ether oxygens (including phenoxy) is 3. The van der Waals surface area contributed by atoms with Crippen molar-refractivity contribution in [1.82, 2.24) is 0 Å². The number of aryl methyl sites for hydroxylation is 1. The van der Waals surface area contributed by atoms with Crippen LogP contribution < -0.4 is 10.4 Å². The molecule has 1 aliphatic rings. The minimum Gasteiger partial charge on any atom is -0.506 e. The van der Waals surface area contributed by atoms with E-state index in [4.69, 9.17) is 23.7 Å². The first-order chi connectivity index (χ1) is 16.0. The Kier molecular flexibility index (Phi) is 7.90. The van der Waals surface area contributed by atoms with E-state index in [0.717, 1.165) is 0 Å². The van der Waals surface area contributed by atoms with Gasteiger partial charge in [0.25, 0.3) is 0 Å². The van der Waals surface area contributed by atoms with Gasteiger partial charge in [-0.2, -0.15) is 0 Å². The second-order valence-electron chi connectivity index (χ2n) is 7.86. The lowest BCUT2D eigenvalue weighted by molar-refractivity contribution is -0.231. The number of benzene rings is 1. The molecule has 1 aromatic heterocycles. The van der Waals surface area contributed by atoms with Gasteiger partial charge in [0.1, 0.15) is 47.1 Å². The molecule has 0 unspecified atom stereocenters. The molecular formula is C21H26O13. The predicted molar refractivity (Wildman–Crippen MR) is 111 cm³/mol. The van der Waals surface area contributed by atoms with E-state index in [1.165, 1.54) is 26.2 Å². The van der Waals surface area contributed by atoms with Crippen LogP contribution in [-0.4, -0.2) is 92.2 Å². The highest BCUT2D eigenvalue weighted by atomic mass is 16.6. The molecule has 0 spiro atoms. The summed E-state index contributed by atoms with van der Waals surface area (Å²) in [4.78, 5) is 24.8. The second-order valence-corrected chi connectivity index (χ2v) is 7.86. The molecule has 7 N–H and O–H groups in total. The largest absolute Gasteiger partial charge is 0.506 e. The minimum absolute atomic E-state index is 0.199. The van der Waals surface area contributed by atoms with E-state index >= 15 is 0 Å². The van der Waals surface area contributed by atoms with E-state index < -0.39 is 66.9 Å². The summed E-state index contributed by atoms with van der Waals surface area (Å²) >= 11 is 0. The van der Waals surface area contributed by atoms with E-state index in [0.29, 0.717) is 0 Å². The van der Waals surface area contributed by atoms with Gasteiger partial charge in [-0.1, -0.05) is 0 Å². The number of phenolic OH excluding ortho intramolecular Hbond substituents is 1. The third-order valence-electron chi connectivity index (χ3n) is 5.53. The Morgan fingerprint density at radius 3 is 2.35 bits per heavy atom. The van der Waals surface area contributed by atoms with Crippen LogP contribution in [0.2, 0.25) is 0 Å². The molecule has 34 heavy (non-hydrogen) atoms. The number of rotatable bonds is 8. The molecule has 0 bridgehead atoms. The SMILES string of the molecule is CO[C@H]1C[C@H](O[C@H](O)[C@H](O)[C@H](O)[C@H](O)[C@H](O)CO)c2c(cc3cc(C)oc(=O)c3c2O)OC1=O. The molecule has 1 aliphatic heterocycles. The molecule has 2 heterocycles. The number of carbonyl (C=O) groups is 1. The molecule has 0 aliphatic carbocycles. The third-order valence-corrected chi connectivity index (χ3v) is 5.53. The number of hydrogen-bond acceptors (Lipinski definition) is 13. The van der Waals surface area contributed by atoms with Gasteiger partial charge in [0.15, 0.2) is 12.4 Å². The van der Waals surface area contributed by atoms with Crippen LogP contribution in [0.25, 0.3) is 10.8 Å². The Morgan fingerprint density at radius 2 is 1.74 bits per heavy atom. The van der Waals surface area contributed by atoms with Gasteiger partial charge in [-0.25, -0.2) is 9.59 Å². The molecule has 0 saturated heterocycles. The number of phenols is 1. The zero-order valence-electron chi connectivity index (χ0n) is 18.2. The fourth-order valence-corrected chi connectivity index (χ4v) is 3.70. The van der Waals surface area contributed by atoms with Crippen molar-refractivity contribution in [2.45, 2.75) is 56.3 Å². The van der Waals surface area contributed by atoms with Crippen LogP contribution in [0.3, 0.4) is 0 Å². The maximum absolute atomic E-state index is 12.5. The van der Waals surface area contributed by atoms with Gasteiger partial charge in [-0.05, 0) is 24.4 Å². The van der Waals surface area contributed by atoms with Gasteiger partial charge in [0, 0.05) is 13.5 Å². The number of aliphatic hydroxyl groups excluding tert-OH is 6. The molecule has 3 rings (SSSR count). The van der Waals surface area contributed by atoms with Crippen molar-refractivity contribution in [1.29, 1.82) is 0 Å². The summed E-state index contributed by atoms with van der Waals surface area (Å²) in [6.45, 7) is 0.573. The quantitative estimate of drug-likeness (QED) is 0.121. The average molecular weight is 486 g/mol. The lowest BCUT2D eigenvalue weighted by Crippen LogP contribution is -2.50. The molecule has 188 valence electrons. The number of aliphatic hydroxyl groups is 6. The lowest BCUT2D eigenvalue weighted by Gasteiger charge is -2.30. The zero-order chi connectivity index (χ0) is 25.3. The van der Waals surface area contributed by atoms with E-state index in [1.807, 2.05) is 0 Å². The van der Waals surface area contributed by atoms with Gasteiger partial charge < -0.3 is 54.4 Å². The number of esters is 1. The molecule has 0 fully saturated rings. The van der Waals surface area contributed by atoms with Crippen molar-refractivity contribution >= 4 is 16.7 Å². The van der Waals surface area contributed by atoms with Crippen LogP contribution in [-0.2, 0) is 14.3 Å². The van der Waals surface area contributed by atoms with E-state index in [1.54, 1.807) is 0 Å². The maximum atomic E-state index is 12.5. The molecule has 1 aromatic carbocycles. The van der Waals surface area contributed by atoms with E-state index in [9.17, 15) is 40.2 Å². The van der Waals surface area contributed by atoms with Crippen LogP contribution in [0.4, 0.5) is 0 Å². The number of aromatic hydroxyl groups is 1. The summed E-state index contributed by atoms with van der Waals surface area (Å²) < 4.78 is 20.8. The molecule has 13 heteroatoms. The normalized spacial score (nSPS) is 22.9. The monoisotopic (exact) mass is 486 g/mol. The first kappa shape index (κ1) is 26.0. The van der Waals surface area contributed by atoms with Crippen LogP contribution in [0.15, 0.2) is 21.3 Å². The molecule has 0 amide bonds. The summed E-state index contributed by atoms with van der Waals surface area (Å²) in [6, 6.07) is 2.72. The highest BCUT2D eigenvalue weighted by Gasteiger charge is 2.40. The minimum atomic E-state index is -2.23. The Morgan fingerprint density at radius 1 is 1.06 bits per heavy atom. The summed E-state index contributed by atoms with van der Waals surface area (Å²) in [7, 11) is 1.20. The van der Waals surface area contributed by atoms with Crippen LogP contribution in [0, 0.1) is 6.92 Å². The smallest absolute Gasteiger partial charge is 0.347 e. The highest BCUT2D eigenvalue weighted by molar-refractivity contribution is 5.92. The third kappa shape index (κ3) is 4.92. The predicted octanol–water partition coefficient (Wildman–Crippen LogP) is -2.06. The average Bonchev–Trinajstić information content (AvgIpc) is 2.91. The standard InChI is InChI=1S/C21H26O13/c1-7-3-8-4-10-14(16(25)13(8)20(29)32-7)11(5-12(31-2)19(28)33-10)34-21(30)18(27)17(26)15(24)9(23)6-22/h3-4,9,11-12,15,17-18,21-27,30H,5-6H2,1-2H3/t9-,11+,12+,15-,17-,18-,21+/m1/s1. The summed E-state index contributed by atoms with van der Waals surface area (Å²) in [5.74, 6) is -1.49. The van der Waals surface area contributed by atoms with Crippen molar-refractivity contribution in [3.8, 4) is 11.5 Å². The van der Waals surface area contributed by atoms with Crippen molar-refractivity contribution in [3.63, 3.8) is 0 Å². The molecule has 13 nitrogen and oxygen atoms in total. The van der Waals surface area contributed by atoms with Gasteiger partial charge in [-0.3, -0.25) is 0 Å². The van der Waals surface area contributed by atoms with Crippen LogP contribution >= 0.6 is 0 Å². The van der Waals surface area contributed by atoms with Gasteiger partial charge in [0.05, 0.1) is 18.3 Å². The lowest BCUT2D eigenvalue weighted by atomic mass is 9.98. The number of fused-ring (bicyclic) bond motifs is 2. The Bertz CT molecular complexity index is 1100. The molecule has 2 aromatic rings. The van der Waals surface area contributed by atoms with Crippen LogP contribution in [0.1, 0.15) is 23.8 Å². The maximum Gasteiger partial charge on any atom is 0.347 e. The van der Waals surface area contributed by atoms with Crippen molar-refractivity contribution in [2.24, 2.45) is 0 Å². The van der Waals surface area contributed by atoms with Crippen LogP contribution in [0.5, 0.6) is 11.5 Å². The first-order valence-corrected chi connectivity index (χ1v) is 10.2. The molecule has 7 atom stereocenters. The summed E-state index contributed by atoms with van der Waals surface area (Å²) in [5, 5.41) is 69.6. The fourth-order valence-electron chi connectivity index (χ4n) is 3.70. The topological polar surface area (TPSA) is 217 Å². The second kappa shape index (κ2) is 10.3. The van der Waals surface area contributed by atoms with Gasteiger partial charge in [-0.15, -0.1) is 0 Å². The Hall–Kier alpha value is -2.62. The number of methoxy groups -OCH3 is 1. The van der Waals surface area contributed by atoms with Crippen molar-refractivity contribution in [3.05, 3.63) is 33.9 Å². The highest BCUT2D eigenvalue weighted by Crippen LogP contribution is 2.44. The summed E-state index contributed by atoms with van der Waals surface area (Å²) in [5.41, 5.74) is -1.11. The van der Waals surface area contributed by atoms with E-state index in [2.05, 4.69) is 0 Å². The number of carbonyl (C=O) groups excluding carboxylic acids is 1. The molecule has 0 saturated carbocycles. The Balaban J connectivity index is 2.04. The Labute approximate surface area is 192 Å². The first-order valence-electron chi connectivity index (χ1n) is 10.2. The number of hydrogen-bond donors (Lipinski definition) is 7. The fraction of sp³-hybridized carbons (Fsp3) is 0.524. The van der Waals surface area contributed by atoms with Gasteiger partial charge >= 0.3 is 11.6 Å². The molecule has 0 radical (unpaired) electrons. The van der Waals surface area contributed by atoms with Crippen molar-refractivity contribution in [2.75, 3.05) is 13.7 Å². The van der Waals surface area contributed by atoms with Crippen molar-refractivity contribution < 1.29 is 59.2 Å². The van der Waals surface area contributed by atoms with E-state index in [-0.39, 0.29) is 34.3 Å².